The highest BCUT2D eigenvalue weighted by Crippen LogP contribution is 2.42. The molecule has 1 aliphatic rings. The Labute approximate surface area is 277 Å². The number of cyclic esters (lactones) is 1. The molecule has 8 unspecified atom stereocenters. The first-order chi connectivity index (χ1) is 21.9. The molecule has 12 heteroatoms. The monoisotopic (exact) mass is 660 g/mol. The molecule has 0 aromatic rings. The lowest BCUT2D eigenvalue weighted by molar-refractivity contribution is -0.425. The summed E-state index contributed by atoms with van der Waals surface area (Å²) in [5.41, 5.74) is -1.81. The van der Waals surface area contributed by atoms with Crippen LogP contribution in [-0.4, -0.2) is 82.1 Å². The van der Waals surface area contributed by atoms with Crippen molar-refractivity contribution in [1.29, 1.82) is 0 Å². The van der Waals surface area contributed by atoms with E-state index in [9.17, 15) is 39.8 Å². The number of carbonyl (C=O) groups excluding carboxylic acids is 3. The molecule has 1 aliphatic heterocycles. The first-order valence-electron chi connectivity index (χ1n) is 15.6. The highest BCUT2D eigenvalue weighted by Gasteiger charge is 2.60. The van der Waals surface area contributed by atoms with E-state index in [0.717, 1.165) is 0 Å². The Hall–Kier alpha value is -3.71. The minimum Gasteiger partial charge on any atom is -0.461 e. The Kier molecular flexibility index (Phi) is 16.3. The number of carbonyl (C=O) groups is 3. The summed E-state index contributed by atoms with van der Waals surface area (Å²) in [6.45, 7) is 13.1. The van der Waals surface area contributed by atoms with E-state index < -0.39 is 64.1 Å². The van der Waals surface area contributed by atoms with Gasteiger partial charge in [-0.1, -0.05) is 68.5 Å². The normalized spacial score (nSPS) is 22.7. The fourth-order valence-electron chi connectivity index (χ4n) is 5.26. The average Bonchev–Trinajstić information content (AvgIpc) is 3.02. The van der Waals surface area contributed by atoms with Gasteiger partial charge in [-0.2, -0.15) is 0 Å². The molecule has 47 heavy (non-hydrogen) atoms. The van der Waals surface area contributed by atoms with Crippen molar-refractivity contribution in [2.24, 2.45) is 23.2 Å². The molecular weight excluding hydrogens is 608 g/mol. The predicted octanol–water partition coefficient (Wildman–Crippen LogP) is 3.76. The van der Waals surface area contributed by atoms with E-state index in [1.807, 2.05) is 0 Å². The van der Waals surface area contributed by atoms with Gasteiger partial charge in [0.25, 0.3) is 0 Å². The number of nitrogens with one attached hydrogen (secondary N) is 1. The summed E-state index contributed by atoms with van der Waals surface area (Å²) in [5.74, 6) is -3.22. The molecule has 0 aromatic carbocycles. The van der Waals surface area contributed by atoms with E-state index in [-0.39, 0.29) is 24.6 Å². The second kappa shape index (κ2) is 18.6. The van der Waals surface area contributed by atoms with E-state index in [1.54, 1.807) is 96.2 Å². The molecule has 0 aromatic heterocycles. The van der Waals surface area contributed by atoms with Crippen molar-refractivity contribution in [1.82, 2.24) is 5.32 Å². The van der Waals surface area contributed by atoms with Gasteiger partial charge in [0.1, 0.15) is 23.9 Å². The lowest BCUT2D eigenvalue weighted by Gasteiger charge is -2.49. The molecule has 12 nitrogen and oxygen atoms in total. The van der Waals surface area contributed by atoms with Gasteiger partial charge in [0.15, 0.2) is 0 Å². The maximum atomic E-state index is 12.8. The predicted molar refractivity (Wildman–Crippen MR) is 178 cm³/mol. The maximum absolute atomic E-state index is 12.8. The maximum Gasteiger partial charge on any atom is 0.316 e. The molecule has 0 spiro atoms. The first kappa shape index (κ1) is 41.3. The van der Waals surface area contributed by atoms with E-state index >= 15 is 0 Å². The topological polar surface area (TPSA) is 186 Å². The van der Waals surface area contributed by atoms with Crippen molar-refractivity contribution in [2.45, 2.75) is 91.8 Å². The van der Waals surface area contributed by atoms with E-state index in [4.69, 9.17) is 9.47 Å². The first-order valence-corrected chi connectivity index (χ1v) is 15.6. The van der Waals surface area contributed by atoms with Crippen LogP contribution in [0.15, 0.2) is 71.5 Å². The lowest BCUT2D eigenvalue weighted by atomic mass is 9.68. The van der Waals surface area contributed by atoms with Crippen molar-refractivity contribution >= 4 is 18.2 Å². The molecule has 4 N–H and O–H groups in total. The average molecular weight is 661 g/mol. The SMILES string of the molecule is COC(CC(C)C(O)/C=C/C=C/CNC(=O)C(C)(C)C(O)\C(C)=C/C=C\C=C\C(C)=C(/C)[N+](=O)[O-])C(O)(C(C)C=O)C1C(=O)OC1C. The summed E-state index contributed by atoms with van der Waals surface area (Å²) in [5, 5.41) is 46.6. The lowest BCUT2D eigenvalue weighted by Crippen LogP contribution is -2.66. The summed E-state index contributed by atoms with van der Waals surface area (Å²) in [6, 6.07) is 0. The van der Waals surface area contributed by atoms with Crippen LogP contribution < -0.4 is 5.32 Å². The van der Waals surface area contributed by atoms with Crippen molar-refractivity contribution in [3.63, 3.8) is 0 Å². The molecule has 1 saturated heterocycles. The third-order valence-electron chi connectivity index (χ3n) is 8.83. The number of nitro groups is 1. The fourth-order valence-corrected chi connectivity index (χ4v) is 5.26. The standard InChI is InChI=1S/C35H52N2O10/c1-22(26(5)37(44)45)16-12-10-13-17-23(2)31(40)34(7,8)33(42)36-19-15-11-14-18-28(39)24(3)20-29(46-9)35(43,25(4)21-38)30-27(6)47-32(30)41/h10-18,21,24-25,27-31,39-40,43H,19-20H2,1-9H3,(H,36,42)/b13-10-,15-11+,16-12+,18-14+,23-17-,26-22+. The van der Waals surface area contributed by atoms with E-state index in [0.29, 0.717) is 17.4 Å². The van der Waals surface area contributed by atoms with Gasteiger partial charge in [-0.3, -0.25) is 19.7 Å². The van der Waals surface area contributed by atoms with Gasteiger partial charge in [0.05, 0.1) is 28.7 Å². The van der Waals surface area contributed by atoms with Gasteiger partial charge in [0.2, 0.25) is 11.6 Å². The van der Waals surface area contributed by atoms with Gasteiger partial charge in [-0.25, -0.2) is 0 Å². The third kappa shape index (κ3) is 10.9. The zero-order chi connectivity index (χ0) is 36.1. The van der Waals surface area contributed by atoms with E-state index in [1.165, 1.54) is 21.0 Å². The van der Waals surface area contributed by atoms with Crippen molar-refractivity contribution in [3.05, 3.63) is 81.6 Å². The molecule has 0 saturated carbocycles. The van der Waals surface area contributed by atoms with Crippen LogP contribution in [0.4, 0.5) is 0 Å². The molecule has 262 valence electrons. The zero-order valence-corrected chi connectivity index (χ0v) is 28.9. The van der Waals surface area contributed by atoms with Crippen LogP contribution in [0.25, 0.3) is 0 Å². The number of ether oxygens (including phenoxy) is 2. The fraction of sp³-hybridized carbons (Fsp3) is 0.571. The molecule has 1 rings (SSSR count). The third-order valence-corrected chi connectivity index (χ3v) is 8.83. The number of methoxy groups -OCH3 is 1. The number of esters is 1. The van der Waals surface area contributed by atoms with Crippen LogP contribution in [-0.2, 0) is 23.9 Å². The summed E-state index contributed by atoms with van der Waals surface area (Å²) in [7, 11) is 1.38. The van der Waals surface area contributed by atoms with Gasteiger partial charge in [-0.15, -0.1) is 0 Å². The zero-order valence-electron chi connectivity index (χ0n) is 28.9. The molecule has 0 bridgehead atoms. The van der Waals surface area contributed by atoms with Gasteiger partial charge in [-0.05, 0) is 52.5 Å². The summed E-state index contributed by atoms with van der Waals surface area (Å²) in [6.07, 6.45) is 12.0. The number of aldehydes is 1. The Balaban J connectivity index is 2.72. The van der Waals surface area contributed by atoms with E-state index in [2.05, 4.69) is 5.32 Å². The van der Waals surface area contributed by atoms with Crippen molar-refractivity contribution in [2.75, 3.05) is 13.7 Å². The quantitative estimate of drug-likeness (QED) is 0.0523. The summed E-state index contributed by atoms with van der Waals surface area (Å²) in [4.78, 5) is 47.0. The minimum absolute atomic E-state index is 0.0570. The number of nitrogens with zero attached hydrogens (tertiary/aromatic N) is 1. The molecule has 0 aliphatic carbocycles. The summed E-state index contributed by atoms with van der Waals surface area (Å²) >= 11 is 0. The minimum atomic E-state index is -1.80. The second-order valence-electron chi connectivity index (χ2n) is 12.7. The number of hydrogen-bond acceptors (Lipinski definition) is 10. The van der Waals surface area contributed by atoms with Crippen LogP contribution in [0, 0.1) is 33.3 Å². The van der Waals surface area contributed by atoms with Gasteiger partial charge in [0, 0.05) is 32.1 Å². The molecule has 1 amide bonds. The van der Waals surface area contributed by atoms with Crippen molar-refractivity contribution < 1.29 is 44.1 Å². The van der Waals surface area contributed by atoms with Crippen LogP contribution in [0.1, 0.15) is 61.8 Å². The largest absolute Gasteiger partial charge is 0.461 e. The number of allylic oxidation sites excluding steroid dienone is 9. The number of aliphatic hydroxyl groups excluding tert-OH is 2. The number of rotatable bonds is 19. The van der Waals surface area contributed by atoms with Crippen LogP contribution >= 0.6 is 0 Å². The number of amides is 1. The van der Waals surface area contributed by atoms with Crippen LogP contribution in [0.2, 0.25) is 0 Å². The molecular formula is C35H52N2O10. The molecule has 8 atom stereocenters. The Morgan fingerprint density at radius 3 is 2.30 bits per heavy atom. The second-order valence-corrected chi connectivity index (χ2v) is 12.7. The van der Waals surface area contributed by atoms with Crippen LogP contribution in [0.3, 0.4) is 0 Å². The smallest absolute Gasteiger partial charge is 0.316 e. The summed E-state index contributed by atoms with van der Waals surface area (Å²) < 4.78 is 10.6. The highest BCUT2D eigenvalue weighted by atomic mass is 16.6. The number of hydrogen-bond donors (Lipinski definition) is 4. The molecule has 0 radical (unpaired) electrons. The van der Waals surface area contributed by atoms with Crippen molar-refractivity contribution in [3.8, 4) is 0 Å². The van der Waals surface area contributed by atoms with Crippen LogP contribution in [0.5, 0.6) is 0 Å². The van der Waals surface area contributed by atoms with Gasteiger partial charge >= 0.3 is 5.97 Å². The number of aliphatic hydroxyl groups is 3. The molecule has 1 heterocycles. The van der Waals surface area contributed by atoms with Gasteiger partial charge < -0.3 is 34.9 Å². The Morgan fingerprint density at radius 2 is 1.77 bits per heavy atom. The highest BCUT2D eigenvalue weighted by molar-refractivity contribution is 5.83. The molecule has 1 fully saturated rings. The Bertz CT molecular complexity index is 1290. The Morgan fingerprint density at radius 1 is 1.13 bits per heavy atom.